The molecule has 0 heterocycles. The minimum absolute atomic E-state index is 0.346. The van der Waals surface area contributed by atoms with E-state index in [9.17, 15) is 9.59 Å². The molecule has 5 nitrogen and oxygen atoms in total. The fourth-order valence-electron chi connectivity index (χ4n) is 1.26. The van der Waals surface area contributed by atoms with E-state index >= 15 is 0 Å². The lowest BCUT2D eigenvalue weighted by atomic mass is 10.1. The molecule has 0 atom stereocenters. The second-order valence-electron chi connectivity index (χ2n) is 2.96. The Morgan fingerprint density at radius 2 is 2.31 bits per heavy atom. The number of nitrogens with one attached hydrogen (secondary N) is 1. The number of aliphatic imine (C=N–C) groups is 1. The normalized spacial score (nSPS) is 9.12. The first-order valence-electron chi connectivity index (χ1n) is 4.77. The highest BCUT2D eigenvalue weighted by atomic mass is 16.5. The van der Waals surface area contributed by atoms with Crippen LogP contribution in [0.15, 0.2) is 23.2 Å². The molecule has 0 spiro atoms. The van der Waals surface area contributed by atoms with Gasteiger partial charge in [-0.15, -0.1) is 0 Å². The zero-order valence-corrected chi connectivity index (χ0v) is 9.11. The first kappa shape index (κ1) is 11.9. The van der Waals surface area contributed by atoms with Crippen LogP contribution in [0.3, 0.4) is 0 Å². The summed E-state index contributed by atoms with van der Waals surface area (Å²) < 4.78 is 4.57. The van der Waals surface area contributed by atoms with Gasteiger partial charge in [-0.3, -0.25) is 0 Å². The predicted octanol–water partition coefficient (Wildman–Crippen LogP) is 1.87. The highest BCUT2D eigenvalue weighted by Crippen LogP contribution is 2.26. The maximum absolute atomic E-state index is 11.3. The Labute approximate surface area is 93.1 Å². The van der Waals surface area contributed by atoms with Crippen LogP contribution in [0.25, 0.3) is 0 Å². The number of hydrogen-bond donors (Lipinski definition) is 1. The van der Waals surface area contributed by atoms with Gasteiger partial charge in [0.05, 0.1) is 18.4 Å². The van der Waals surface area contributed by atoms with Gasteiger partial charge in [-0.25, -0.2) is 9.59 Å². The third kappa shape index (κ3) is 2.68. The Bertz CT molecular complexity index is 437. The second kappa shape index (κ2) is 5.68. The molecule has 0 aliphatic carbocycles. The molecule has 1 aromatic carbocycles. The quantitative estimate of drug-likeness (QED) is 0.478. The SMILES string of the molecule is CCNc1ccc(C(=O)OC)cc1N=C=O. The zero-order valence-electron chi connectivity index (χ0n) is 9.11. The van der Waals surface area contributed by atoms with E-state index in [1.807, 2.05) is 6.92 Å². The van der Waals surface area contributed by atoms with Crippen molar-refractivity contribution >= 4 is 23.4 Å². The van der Waals surface area contributed by atoms with Crippen LogP contribution in [0.5, 0.6) is 0 Å². The number of methoxy groups -OCH3 is 1. The van der Waals surface area contributed by atoms with E-state index in [-0.39, 0.29) is 0 Å². The van der Waals surface area contributed by atoms with Gasteiger partial charge in [0.25, 0.3) is 0 Å². The summed E-state index contributed by atoms with van der Waals surface area (Å²) in [5.41, 5.74) is 1.40. The molecule has 0 radical (unpaired) electrons. The largest absolute Gasteiger partial charge is 0.465 e. The van der Waals surface area contributed by atoms with Gasteiger partial charge in [-0.1, -0.05) is 0 Å². The Morgan fingerprint density at radius 1 is 1.56 bits per heavy atom. The van der Waals surface area contributed by atoms with Crippen molar-refractivity contribution in [2.45, 2.75) is 6.92 Å². The molecule has 1 N–H and O–H groups in total. The lowest BCUT2D eigenvalue weighted by molar-refractivity contribution is 0.0601. The molecule has 0 fully saturated rings. The van der Waals surface area contributed by atoms with Crippen LogP contribution in [0, 0.1) is 0 Å². The molecule has 16 heavy (non-hydrogen) atoms. The lowest BCUT2D eigenvalue weighted by Gasteiger charge is -2.07. The molecular formula is C11H12N2O3. The molecule has 0 saturated heterocycles. The molecule has 1 aromatic rings. The van der Waals surface area contributed by atoms with Gasteiger partial charge in [0.15, 0.2) is 0 Å². The van der Waals surface area contributed by atoms with Crippen LogP contribution in [-0.2, 0) is 9.53 Å². The van der Waals surface area contributed by atoms with E-state index in [1.165, 1.54) is 19.3 Å². The molecule has 0 aliphatic heterocycles. The van der Waals surface area contributed by atoms with Gasteiger partial charge in [0.2, 0.25) is 6.08 Å². The van der Waals surface area contributed by atoms with E-state index in [2.05, 4.69) is 15.0 Å². The number of carbonyl (C=O) groups excluding carboxylic acids is 2. The second-order valence-corrected chi connectivity index (χ2v) is 2.96. The standard InChI is InChI=1S/C11H12N2O3/c1-3-12-9-5-4-8(11(15)16-2)6-10(9)13-7-14/h4-6,12H,3H2,1-2H3. The Hall–Kier alpha value is -2.13. The summed E-state index contributed by atoms with van der Waals surface area (Å²) in [5.74, 6) is -0.467. The van der Waals surface area contributed by atoms with Crippen LogP contribution < -0.4 is 5.32 Å². The monoisotopic (exact) mass is 220 g/mol. The molecule has 0 amide bonds. The molecule has 1 rings (SSSR count). The van der Waals surface area contributed by atoms with Crippen molar-refractivity contribution in [2.75, 3.05) is 19.0 Å². The van der Waals surface area contributed by atoms with Crippen LogP contribution in [0.1, 0.15) is 17.3 Å². The average Bonchev–Trinajstić information content (AvgIpc) is 2.31. The molecule has 0 saturated carbocycles. The summed E-state index contributed by atoms with van der Waals surface area (Å²) in [6.07, 6.45) is 1.45. The molecule has 84 valence electrons. The van der Waals surface area contributed by atoms with Crippen LogP contribution in [0.2, 0.25) is 0 Å². The molecule has 0 bridgehead atoms. The lowest BCUT2D eigenvalue weighted by Crippen LogP contribution is -2.02. The number of carbonyl (C=O) groups is 1. The number of anilines is 1. The number of nitrogens with zero attached hydrogens (tertiary/aromatic N) is 1. The smallest absolute Gasteiger partial charge is 0.337 e. The molecular weight excluding hydrogens is 208 g/mol. The molecule has 0 unspecified atom stereocenters. The maximum atomic E-state index is 11.3. The van der Waals surface area contributed by atoms with Crippen molar-refractivity contribution < 1.29 is 14.3 Å². The zero-order chi connectivity index (χ0) is 12.0. The highest BCUT2D eigenvalue weighted by molar-refractivity contribution is 5.92. The van der Waals surface area contributed by atoms with Crippen molar-refractivity contribution in [2.24, 2.45) is 4.99 Å². The summed E-state index contributed by atoms with van der Waals surface area (Å²) in [5, 5.41) is 3.02. The number of benzene rings is 1. The van der Waals surface area contributed by atoms with Gasteiger partial charge in [0.1, 0.15) is 5.69 Å². The van der Waals surface area contributed by atoms with Gasteiger partial charge in [-0.05, 0) is 25.1 Å². The van der Waals surface area contributed by atoms with E-state index in [1.54, 1.807) is 12.1 Å². The topological polar surface area (TPSA) is 67.8 Å². The summed E-state index contributed by atoms with van der Waals surface area (Å²) in [6, 6.07) is 4.76. The number of isocyanates is 1. The van der Waals surface area contributed by atoms with Gasteiger partial charge in [0, 0.05) is 6.54 Å². The van der Waals surface area contributed by atoms with E-state index < -0.39 is 5.97 Å². The van der Waals surface area contributed by atoms with Gasteiger partial charge >= 0.3 is 5.97 Å². The average molecular weight is 220 g/mol. The third-order valence-electron chi connectivity index (χ3n) is 1.95. The number of esters is 1. The highest BCUT2D eigenvalue weighted by Gasteiger charge is 2.08. The minimum Gasteiger partial charge on any atom is -0.465 e. The maximum Gasteiger partial charge on any atom is 0.337 e. The number of ether oxygens (including phenoxy) is 1. The van der Waals surface area contributed by atoms with Crippen molar-refractivity contribution in [3.8, 4) is 0 Å². The van der Waals surface area contributed by atoms with Crippen molar-refractivity contribution in [3.05, 3.63) is 23.8 Å². The number of hydrogen-bond acceptors (Lipinski definition) is 5. The van der Waals surface area contributed by atoms with Crippen molar-refractivity contribution in [3.63, 3.8) is 0 Å². The van der Waals surface area contributed by atoms with Crippen LogP contribution in [0.4, 0.5) is 11.4 Å². The summed E-state index contributed by atoms with van der Waals surface area (Å²) in [6.45, 7) is 2.61. The van der Waals surface area contributed by atoms with Crippen LogP contribution >= 0.6 is 0 Å². The first-order chi connectivity index (χ1) is 7.72. The summed E-state index contributed by atoms with van der Waals surface area (Å²) in [4.78, 5) is 25.0. The molecule has 0 aliphatic rings. The van der Waals surface area contributed by atoms with Crippen molar-refractivity contribution in [1.29, 1.82) is 0 Å². The Kier molecular flexibility index (Phi) is 4.24. The van der Waals surface area contributed by atoms with Gasteiger partial charge < -0.3 is 10.1 Å². The van der Waals surface area contributed by atoms with Crippen molar-refractivity contribution in [1.82, 2.24) is 0 Å². The van der Waals surface area contributed by atoms with E-state index in [0.717, 1.165) is 0 Å². The Balaban J connectivity index is 3.16. The summed E-state index contributed by atoms with van der Waals surface area (Å²) >= 11 is 0. The number of rotatable bonds is 4. The van der Waals surface area contributed by atoms with E-state index in [0.29, 0.717) is 23.5 Å². The molecule has 5 heteroatoms. The summed E-state index contributed by atoms with van der Waals surface area (Å²) in [7, 11) is 1.29. The van der Waals surface area contributed by atoms with Gasteiger partial charge in [-0.2, -0.15) is 4.99 Å². The van der Waals surface area contributed by atoms with E-state index in [4.69, 9.17) is 0 Å². The predicted molar refractivity (Wildman–Crippen MR) is 59.7 cm³/mol. The molecule has 0 aromatic heterocycles. The third-order valence-corrected chi connectivity index (χ3v) is 1.95. The first-order valence-corrected chi connectivity index (χ1v) is 4.77. The Morgan fingerprint density at radius 3 is 2.88 bits per heavy atom. The van der Waals surface area contributed by atoms with Crippen LogP contribution in [-0.4, -0.2) is 25.7 Å². The fraction of sp³-hybridized carbons (Fsp3) is 0.273. The minimum atomic E-state index is -0.467. The fourth-order valence-corrected chi connectivity index (χ4v) is 1.26.